The number of ether oxygens (including phenoxy) is 7. The van der Waals surface area contributed by atoms with E-state index in [1.165, 1.54) is 0 Å². The molecule has 0 aromatic carbocycles. The molecule has 0 aliphatic carbocycles. The summed E-state index contributed by atoms with van der Waals surface area (Å²) in [5.74, 6) is -3.17. The molecule has 0 bridgehead atoms. The van der Waals surface area contributed by atoms with Crippen LogP contribution in [0.25, 0.3) is 0 Å². The third-order valence-corrected chi connectivity index (χ3v) is 5.06. The fourth-order valence-electron chi connectivity index (χ4n) is 3.58. The first-order valence-electron chi connectivity index (χ1n) is 10.6. The fourth-order valence-corrected chi connectivity index (χ4v) is 3.58. The molecule has 0 unspecified atom stereocenters. The molecule has 2 aliphatic rings. The molecule has 0 radical (unpaired) electrons. The molecule has 0 saturated carbocycles. The molecule has 0 amide bonds. The van der Waals surface area contributed by atoms with Crippen molar-refractivity contribution in [2.75, 3.05) is 13.2 Å². The summed E-state index contributed by atoms with van der Waals surface area (Å²) in [5.41, 5.74) is 0. The second-order valence-corrected chi connectivity index (χ2v) is 7.94. The van der Waals surface area contributed by atoms with Crippen molar-refractivity contribution in [2.24, 2.45) is 0 Å². The second-order valence-electron chi connectivity index (χ2n) is 7.94. The zero-order chi connectivity index (χ0) is 26.4. The van der Waals surface area contributed by atoms with Crippen LogP contribution >= 0.6 is 0 Å². The number of carbonyl (C=O) groups is 4. The molecule has 200 valence electrons. The van der Waals surface area contributed by atoms with Crippen molar-refractivity contribution < 1.29 is 72.8 Å². The van der Waals surface area contributed by atoms with E-state index in [2.05, 4.69) is 0 Å². The zero-order valence-corrected chi connectivity index (χ0v) is 19.5. The number of hydrogen-bond donors (Lipinski definition) is 4. The highest BCUT2D eigenvalue weighted by Crippen LogP contribution is 2.31. The highest BCUT2D eigenvalue weighted by molar-refractivity contribution is 5.68. The van der Waals surface area contributed by atoms with Crippen molar-refractivity contribution in [1.82, 2.24) is 0 Å². The molecule has 2 heterocycles. The van der Waals surface area contributed by atoms with E-state index in [1.807, 2.05) is 0 Å². The van der Waals surface area contributed by atoms with E-state index in [4.69, 9.17) is 33.2 Å². The second kappa shape index (κ2) is 12.5. The Hall–Kier alpha value is -2.40. The van der Waals surface area contributed by atoms with Crippen molar-refractivity contribution in [3.05, 3.63) is 0 Å². The van der Waals surface area contributed by atoms with Gasteiger partial charge < -0.3 is 53.6 Å². The topological polar surface area (TPSA) is 214 Å². The molecule has 10 atom stereocenters. The molecule has 0 aromatic heterocycles. The summed E-state index contributed by atoms with van der Waals surface area (Å²) in [6.07, 6.45) is -15.6. The van der Waals surface area contributed by atoms with Crippen LogP contribution in [0, 0.1) is 0 Å². The molecule has 4 N–H and O–H groups in total. The Morgan fingerprint density at radius 1 is 0.629 bits per heavy atom. The third-order valence-electron chi connectivity index (χ3n) is 5.06. The van der Waals surface area contributed by atoms with Gasteiger partial charge in [0.05, 0.1) is 6.61 Å². The van der Waals surface area contributed by atoms with E-state index in [9.17, 15) is 39.6 Å². The van der Waals surface area contributed by atoms with Crippen molar-refractivity contribution >= 4 is 23.9 Å². The van der Waals surface area contributed by atoms with E-state index in [0.29, 0.717) is 0 Å². The molecule has 0 spiro atoms. The Kier molecular flexibility index (Phi) is 10.3. The van der Waals surface area contributed by atoms with Gasteiger partial charge in [-0.2, -0.15) is 0 Å². The van der Waals surface area contributed by atoms with Crippen LogP contribution in [0.3, 0.4) is 0 Å². The van der Waals surface area contributed by atoms with Crippen LogP contribution < -0.4 is 0 Å². The number of carbonyl (C=O) groups excluding carboxylic acids is 4. The summed E-state index contributed by atoms with van der Waals surface area (Å²) in [4.78, 5) is 46.6. The fraction of sp³-hybridized carbons (Fsp3) is 0.800. The molecular formula is C20H30O15. The van der Waals surface area contributed by atoms with Crippen LogP contribution in [-0.2, 0) is 52.3 Å². The van der Waals surface area contributed by atoms with E-state index in [0.717, 1.165) is 27.7 Å². The van der Waals surface area contributed by atoms with Crippen molar-refractivity contribution in [1.29, 1.82) is 0 Å². The molecule has 2 saturated heterocycles. The van der Waals surface area contributed by atoms with Gasteiger partial charge in [0.1, 0.15) is 37.1 Å². The van der Waals surface area contributed by atoms with E-state index < -0.39 is 98.5 Å². The number of rotatable bonds is 8. The smallest absolute Gasteiger partial charge is 0.303 e. The monoisotopic (exact) mass is 510 g/mol. The summed E-state index contributed by atoms with van der Waals surface area (Å²) < 4.78 is 37.0. The van der Waals surface area contributed by atoms with Crippen molar-refractivity contribution in [3.8, 4) is 0 Å². The zero-order valence-electron chi connectivity index (χ0n) is 19.5. The van der Waals surface area contributed by atoms with Gasteiger partial charge in [-0.15, -0.1) is 0 Å². The minimum absolute atomic E-state index is 0.468. The summed E-state index contributed by atoms with van der Waals surface area (Å²) in [7, 11) is 0. The van der Waals surface area contributed by atoms with Gasteiger partial charge >= 0.3 is 23.9 Å². The first kappa shape index (κ1) is 28.8. The van der Waals surface area contributed by atoms with Crippen molar-refractivity contribution in [3.63, 3.8) is 0 Å². The molecule has 35 heavy (non-hydrogen) atoms. The maximum atomic E-state index is 11.8. The lowest BCUT2D eigenvalue weighted by molar-refractivity contribution is -0.328. The SMILES string of the molecule is CC(=O)OC[C@H]1O[C@@H](OC[C@H]2O[C@H](O)[C@H](O)[C@@H](O)[C@H]2O)[C@H](OC(C)=O)[C@@H](OC(C)=O)[C@@H]1OC(C)=O. The molecule has 15 heteroatoms. The number of aliphatic hydroxyl groups is 4. The number of hydrogen-bond acceptors (Lipinski definition) is 15. The molecule has 2 rings (SSSR count). The molecule has 2 fully saturated rings. The van der Waals surface area contributed by atoms with E-state index in [1.54, 1.807) is 0 Å². The predicted octanol–water partition coefficient (Wildman–Crippen LogP) is -3.11. The largest absolute Gasteiger partial charge is 0.463 e. The lowest BCUT2D eigenvalue weighted by Crippen LogP contribution is -2.64. The van der Waals surface area contributed by atoms with Crippen LogP contribution in [0.1, 0.15) is 27.7 Å². The van der Waals surface area contributed by atoms with Gasteiger partial charge in [0.25, 0.3) is 0 Å². The van der Waals surface area contributed by atoms with Gasteiger partial charge in [0.15, 0.2) is 30.9 Å². The maximum Gasteiger partial charge on any atom is 0.303 e. The van der Waals surface area contributed by atoms with Gasteiger partial charge in [-0.25, -0.2) is 0 Å². The van der Waals surface area contributed by atoms with E-state index >= 15 is 0 Å². The minimum Gasteiger partial charge on any atom is -0.463 e. The Labute approximate surface area is 199 Å². The lowest BCUT2D eigenvalue weighted by Gasteiger charge is -2.45. The summed E-state index contributed by atoms with van der Waals surface area (Å²) >= 11 is 0. The standard InChI is InChI=1S/C20H30O15/c1-7(21)29-6-12-16(31-8(2)22)17(32-9(3)23)18(33-10(4)24)20(35-12)30-5-11-13(25)14(26)15(27)19(28)34-11/h11-20,25-28H,5-6H2,1-4H3/t11-,12-,13+,14+,15-,16-,17+,18-,19+,20-/m1/s1. The molecule has 0 aromatic rings. The Morgan fingerprint density at radius 3 is 1.71 bits per heavy atom. The van der Waals surface area contributed by atoms with E-state index in [-0.39, 0.29) is 0 Å². The molecule has 2 aliphatic heterocycles. The summed E-state index contributed by atoms with van der Waals surface area (Å²) in [6.45, 7) is 3.26. The minimum atomic E-state index is -1.84. The summed E-state index contributed by atoms with van der Waals surface area (Å²) in [6, 6.07) is 0. The number of esters is 4. The quantitative estimate of drug-likeness (QED) is 0.188. The Bertz CT molecular complexity index is 772. The predicted molar refractivity (Wildman–Crippen MR) is 107 cm³/mol. The average molecular weight is 510 g/mol. The van der Waals surface area contributed by atoms with Crippen molar-refractivity contribution in [2.45, 2.75) is 89.1 Å². The van der Waals surface area contributed by atoms with Crippen LogP contribution in [-0.4, -0.2) is 119 Å². The molecule has 15 nitrogen and oxygen atoms in total. The highest BCUT2D eigenvalue weighted by atomic mass is 16.7. The molecular weight excluding hydrogens is 480 g/mol. The highest BCUT2D eigenvalue weighted by Gasteiger charge is 2.53. The normalized spacial score (nSPS) is 37.1. The first-order valence-corrected chi connectivity index (χ1v) is 10.6. The Morgan fingerprint density at radius 2 is 1.17 bits per heavy atom. The average Bonchev–Trinajstić information content (AvgIpc) is 2.75. The van der Waals surface area contributed by atoms with Gasteiger partial charge in [-0.3, -0.25) is 19.2 Å². The van der Waals surface area contributed by atoms with Crippen LogP contribution in [0.2, 0.25) is 0 Å². The van der Waals surface area contributed by atoms with Crippen LogP contribution in [0.4, 0.5) is 0 Å². The maximum absolute atomic E-state index is 11.8. The summed E-state index contributed by atoms with van der Waals surface area (Å²) in [5, 5.41) is 39.3. The van der Waals surface area contributed by atoms with Gasteiger partial charge in [0.2, 0.25) is 0 Å². The Balaban J connectivity index is 2.32. The lowest BCUT2D eigenvalue weighted by atomic mass is 9.97. The first-order chi connectivity index (χ1) is 16.3. The third kappa shape index (κ3) is 7.79. The van der Waals surface area contributed by atoms with Gasteiger partial charge in [0, 0.05) is 27.7 Å². The van der Waals surface area contributed by atoms with Gasteiger partial charge in [-0.1, -0.05) is 0 Å². The van der Waals surface area contributed by atoms with Crippen LogP contribution in [0.5, 0.6) is 0 Å². The number of aliphatic hydroxyl groups excluding tert-OH is 4. The van der Waals surface area contributed by atoms with Gasteiger partial charge in [-0.05, 0) is 0 Å². The van der Waals surface area contributed by atoms with Crippen LogP contribution in [0.15, 0.2) is 0 Å².